The molecule has 1 nitrogen and oxygen atoms in total. The Morgan fingerprint density at radius 1 is 1.15 bits per heavy atom. The predicted molar refractivity (Wildman–Crippen MR) is 56.4 cm³/mol. The zero-order valence-corrected chi connectivity index (χ0v) is 8.27. The second-order valence-electron chi connectivity index (χ2n) is 2.68. The molecule has 3 heteroatoms. The van der Waals surface area contributed by atoms with Gasteiger partial charge < -0.3 is 5.11 Å². The van der Waals surface area contributed by atoms with Gasteiger partial charge in [-0.1, -0.05) is 23.7 Å². The van der Waals surface area contributed by atoms with Gasteiger partial charge in [-0.05, 0) is 23.8 Å². The summed E-state index contributed by atoms with van der Waals surface area (Å²) in [5.74, 6) is 0.315. The first-order valence-electron chi connectivity index (χ1n) is 3.79. The molecule has 0 fully saturated rings. The molecule has 0 saturated heterocycles. The minimum absolute atomic E-state index is 0.315. The number of rotatable bonds is 1. The number of hydrogen-bond acceptors (Lipinski definition) is 2. The van der Waals surface area contributed by atoms with E-state index < -0.39 is 0 Å². The van der Waals surface area contributed by atoms with E-state index in [-0.39, 0.29) is 0 Å². The third-order valence-corrected chi connectivity index (χ3v) is 2.93. The maximum atomic E-state index is 9.15. The molecule has 0 atom stereocenters. The van der Waals surface area contributed by atoms with E-state index in [1.165, 1.54) is 11.3 Å². The summed E-state index contributed by atoms with van der Waals surface area (Å²) in [6.07, 6.45) is 0. The van der Waals surface area contributed by atoms with Crippen LogP contribution in [0, 0.1) is 0 Å². The summed E-state index contributed by atoms with van der Waals surface area (Å²) in [5, 5.41) is 11.6. The maximum absolute atomic E-state index is 9.15. The van der Waals surface area contributed by atoms with Crippen molar-refractivity contribution in [2.45, 2.75) is 0 Å². The second kappa shape index (κ2) is 3.40. The predicted octanol–water partition coefficient (Wildman–Crippen LogP) is 3.77. The molecule has 13 heavy (non-hydrogen) atoms. The fourth-order valence-electron chi connectivity index (χ4n) is 1.09. The Bertz CT molecular complexity index is 405. The molecule has 1 aromatic heterocycles. The Balaban J connectivity index is 2.41. The first-order chi connectivity index (χ1) is 6.25. The van der Waals surface area contributed by atoms with Gasteiger partial charge >= 0.3 is 0 Å². The standard InChI is InChI=1S/C10H7ClOS/c11-8-3-1-7(2-4-8)10-5-9(12)6-13-10/h1-6,12H. The highest BCUT2D eigenvalue weighted by atomic mass is 35.5. The van der Waals surface area contributed by atoms with Gasteiger partial charge in [0.1, 0.15) is 5.75 Å². The highest BCUT2D eigenvalue weighted by Gasteiger charge is 2.00. The van der Waals surface area contributed by atoms with Crippen LogP contribution < -0.4 is 0 Å². The van der Waals surface area contributed by atoms with Crippen LogP contribution in [0.25, 0.3) is 10.4 Å². The molecule has 66 valence electrons. The van der Waals surface area contributed by atoms with Gasteiger partial charge in [0.05, 0.1) is 0 Å². The fraction of sp³-hybridized carbons (Fsp3) is 0. The van der Waals surface area contributed by atoms with Gasteiger partial charge in [0.25, 0.3) is 0 Å². The lowest BCUT2D eigenvalue weighted by Gasteiger charge is -1.95. The van der Waals surface area contributed by atoms with Crippen molar-refractivity contribution in [3.63, 3.8) is 0 Å². The van der Waals surface area contributed by atoms with E-state index in [1.54, 1.807) is 11.4 Å². The van der Waals surface area contributed by atoms with Gasteiger partial charge in [-0.2, -0.15) is 0 Å². The number of benzene rings is 1. The highest BCUT2D eigenvalue weighted by molar-refractivity contribution is 7.13. The van der Waals surface area contributed by atoms with Gasteiger partial charge in [-0.25, -0.2) is 0 Å². The number of thiophene rings is 1. The van der Waals surface area contributed by atoms with E-state index >= 15 is 0 Å². The first-order valence-corrected chi connectivity index (χ1v) is 5.05. The van der Waals surface area contributed by atoms with Crippen LogP contribution in [0.5, 0.6) is 5.75 Å². The van der Waals surface area contributed by atoms with Crippen LogP contribution in [0.3, 0.4) is 0 Å². The van der Waals surface area contributed by atoms with Crippen molar-refractivity contribution in [1.29, 1.82) is 0 Å². The fourth-order valence-corrected chi connectivity index (χ4v) is 1.99. The monoisotopic (exact) mass is 210 g/mol. The van der Waals surface area contributed by atoms with Gasteiger partial charge in [0.15, 0.2) is 0 Å². The summed E-state index contributed by atoms with van der Waals surface area (Å²) in [6.45, 7) is 0. The molecule has 0 amide bonds. The molecule has 1 N–H and O–H groups in total. The van der Waals surface area contributed by atoms with Crippen molar-refractivity contribution in [2.24, 2.45) is 0 Å². The molecule has 2 rings (SSSR count). The van der Waals surface area contributed by atoms with Gasteiger partial charge in [-0.15, -0.1) is 11.3 Å². The summed E-state index contributed by atoms with van der Waals surface area (Å²) in [4.78, 5) is 1.05. The summed E-state index contributed by atoms with van der Waals surface area (Å²) >= 11 is 7.27. The van der Waals surface area contributed by atoms with Crippen LogP contribution >= 0.6 is 22.9 Å². The molecule has 0 aliphatic heterocycles. The van der Waals surface area contributed by atoms with Crippen LogP contribution in [0.2, 0.25) is 5.02 Å². The summed E-state index contributed by atoms with van der Waals surface area (Å²) in [6, 6.07) is 9.30. The minimum Gasteiger partial charge on any atom is -0.507 e. The van der Waals surface area contributed by atoms with E-state index in [4.69, 9.17) is 16.7 Å². The second-order valence-corrected chi connectivity index (χ2v) is 4.02. The van der Waals surface area contributed by atoms with Crippen molar-refractivity contribution in [1.82, 2.24) is 0 Å². The molecule has 0 bridgehead atoms. The lowest BCUT2D eigenvalue weighted by atomic mass is 10.2. The zero-order chi connectivity index (χ0) is 9.26. The topological polar surface area (TPSA) is 20.2 Å². The molecule has 1 aromatic carbocycles. The van der Waals surface area contributed by atoms with Gasteiger partial charge in [0.2, 0.25) is 0 Å². The molecule has 0 aliphatic rings. The van der Waals surface area contributed by atoms with E-state index in [1.807, 2.05) is 24.3 Å². The van der Waals surface area contributed by atoms with Crippen LogP contribution in [0.1, 0.15) is 0 Å². The smallest absolute Gasteiger partial charge is 0.126 e. The Morgan fingerprint density at radius 3 is 2.38 bits per heavy atom. The normalized spacial score (nSPS) is 10.2. The first kappa shape index (κ1) is 8.60. The summed E-state index contributed by atoms with van der Waals surface area (Å²) < 4.78 is 0. The van der Waals surface area contributed by atoms with Crippen LogP contribution in [0.15, 0.2) is 35.7 Å². The Hall–Kier alpha value is -0.990. The SMILES string of the molecule is Oc1csc(-c2ccc(Cl)cc2)c1. The molecule has 0 saturated carbocycles. The molecular formula is C10H7ClOS. The quantitative estimate of drug-likeness (QED) is 0.760. The molecule has 1 heterocycles. The molecular weight excluding hydrogens is 204 g/mol. The maximum Gasteiger partial charge on any atom is 0.126 e. The van der Waals surface area contributed by atoms with Gasteiger partial charge in [0, 0.05) is 15.3 Å². The average molecular weight is 211 g/mol. The van der Waals surface area contributed by atoms with Crippen molar-refractivity contribution in [3.8, 4) is 16.2 Å². The van der Waals surface area contributed by atoms with Crippen LogP contribution in [0.4, 0.5) is 0 Å². The Morgan fingerprint density at radius 2 is 1.85 bits per heavy atom. The van der Waals surface area contributed by atoms with Crippen molar-refractivity contribution in [3.05, 3.63) is 40.7 Å². The Kier molecular flexibility index (Phi) is 2.25. The number of hydrogen-bond donors (Lipinski definition) is 1. The largest absolute Gasteiger partial charge is 0.507 e. The van der Waals surface area contributed by atoms with E-state index in [0.717, 1.165) is 15.5 Å². The molecule has 2 aromatic rings. The molecule has 0 unspecified atom stereocenters. The van der Waals surface area contributed by atoms with E-state index in [9.17, 15) is 0 Å². The van der Waals surface area contributed by atoms with Gasteiger partial charge in [-0.3, -0.25) is 0 Å². The third-order valence-electron chi connectivity index (χ3n) is 1.71. The lowest BCUT2D eigenvalue weighted by molar-refractivity contribution is 0.478. The average Bonchev–Trinajstić information content (AvgIpc) is 2.53. The lowest BCUT2D eigenvalue weighted by Crippen LogP contribution is -1.69. The number of halogens is 1. The van der Waals surface area contributed by atoms with E-state index in [0.29, 0.717) is 5.75 Å². The van der Waals surface area contributed by atoms with Crippen molar-refractivity contribution < 1.29 is 5.11 Å². The molecule has 0 spiro atoms. The molecule has 0 radical (unpaired) electrons. The zero-order valence-electron chi connectivity index (χ0n) is 6.70. The molecule has 0 aliphatic carbocycles. The minimum atomic E-state index is 0.315. The van der Waals surface area contributed by atoms with Crippen molar-refractivity contribution >= 4 is 22.9 Å². The summed E-state index contributed by atoms with van der Waals surface area (Å²) in [7, 11) is 0. The van der Waals surface area contributed by atoms with Crippen molar-refractivity contribution in [2.75, 3.05) is 0 Å². The third kappa shape index (κ3) is 1.85. The van der Waals surface area contributed by atoms with E-state index in [2.05, 4.69) is 0 Å². The number of aromatic hydroxyl groups is 1. The Labute approximate surface area is 85.2 Å². The van der Waals surface area contributed by atoms with Crippen LogP contribution in [-0.4, -0.2) is 5.11 Å². The summed E-state index contributed by atoms with van der Waals surface area (Å²) in [5.41, 5.74) is 1.08. The van der Waals surface area contributed by atoms with Crippen LogP contribution in [-0.2, 0) is 0 Å². The highest BCUT2D eigenvalue weighted by Crippen LogP contribution is 2.30.